The first-order valence-electron chi connectivity index (χ1n) is 13.5. The molecule has 2 fully saturated rings. The number of nitrogens with zero attached hydrogens (tertiary/aromatic N) is 3. The molecule has 37 heavy (non-hydrogen) atoms. The predicted molar refractivity (Wildman–Crippen MR) is 148 cm³/mol. The van der Waals surface area contributed by atoms with E-state index in [2.05, 4.69) is 27.2 Å². The van der Waals surface area contributed by atoms with Crippen molar-refractivity contribution in [3.63, 3.8) is 0 Å². The van der Waals surface area contributed by atoms with Crippen LogP contribution in [0.1, 0.15) is 48.0 Å². The molecule has 2 heterocycles. The summed E-state index contributed by atoms with van der Waals surface area (Å²) in [5.41, 5.74) is 4.91. The number of aromatic nitrogens is 1. The number of carbonyl (C=O) groups is 1. The third-order valence-electron chi connectivity index (χ3n) is 7.80. The molecule has 0 atom stereocenters. The minimum absolute atomic E-state index is 0.157. The average Bonchev–Trinajstić information content (AvgIpc) is 3.38. The molecule has 6 nitrogen and oxygen atoms in total. The van der Waals surface area contributed by atoms with Gasteiger partial charge in [-0.05, 0) is 54.8 Å². The Hall–Kier alpha value is -3.48. The molecule has 6 heteroatoms. The first-order chi connectivity index (χ1) is 18.2. The van der Waals surface area contributed by atoms with Crippen LogP contribution in [0.15, 0.2) is 77.2 Å². The van der Waals surface area contributed by atoms with Gasteiger partial charge in [0.2, 0.25) is 5.89 Å². The number of anilines is 1. The van der Waals surface area contributed by atoms with Gasteiger partial charge in [0.1, 0.15) is 5.52 Å². The van der Waals surface area contributed by atoms with Crippen LogP contribution in [0.3, 0.4) is 0 Å². The highest BCUT2D eigenvalue weighted by Gasteiger charge is 2.25. The zero-order valence-electron chi connectivity index (χ0n) is 21.2. The monoisotopic (exact) mass is 494 g/mol. The standard InChI is InChI=1S/C31H34N4O2/c36-30(24-9-3-1-4-10-24)32-27-14-8-7-13-26(27)31-33-28-21-23(15-16-29(28)37-31)22-34-17-19-35(20-18-34)25-11-5-2-6-12-25/h1,3-4,7-10,13-16,21,25H,2,5-6,11-12,17-20,22H2,(H,32,36). The molecule has 1 N–H and O–H groups in total. The van der Waals surface area contributed by atoms with E-state index in [1.165, 1.54) is 50.8 Å². The van der Waals surface area contributed by atoms with Crippen LogP contribution in [-0.4, -0.2) is 52.9 Å². The van der Waals surface area contributed by atoms with Gasteiger partial charge in [-0.2, -0.15) is 0 Å². The zero-order chi connectivity index (χ0) is 25.0. The SMILES string of the molecule is O=C(Nc1ccccc1-c1nc2cc(CN3CCN(C4CCCCC4)CC3)ccc2o1)c1ccccc1. The van der Waals surface area contributed by atoms with Crippen molar-refractivity contribution in [2.24, 2.45) is 0 Å². The number of carbonyl (C=O) groups excluding carboxylic acids is 1. The molecule has 6 rings (SSSR count). The molecule has 2 aliphatic rings. The maximum absolute atomic E-state index is 12.7. The number of rotatable bonds is 6. The highest BCUT2D eigenvalue weighted by atomic mass is 16.3. The molecule has 0 unspecified atom stereocenters. The maximum Gasteiger partial charge on any atom is 0.255 e. The topological polar surface area (TPSA) is 61.6 Å². The van der Waals surface area contributed by atoms with Crippen LogP contribution < -0.4 is 5.32 Å². The number of fused-ring (bicyclic) bond motifs is 1. The van der Waals surface area contributed by atoms with Gasteiger partial charge < -0.3 is 9.73 Å². The van der Waals surface area contributed by atoms with Crippen LogP contribution in [0, 0.1) is 0 Å². The highest BCUT2D eigenvalue weighted by molar-refractivity contribution is 6.06. The fraction of sp³-hybridized carbons (Fsp3) is 0.355. The van der Waals surface area contributed by atoms with Gasteiger partial charge in [0.25, 0.3) is 5.91 Å². The van der Waals surface area contributed by atoms with Crippen LogP contribution in [0.5, 0.6) is 0 Å². The Morgan fingerprint density at radius 1 is 0.892 bits per heavy atom. The number of oxazole rings is 1. The van der Waals surface area contributed by atoms with E-state index < -0.39 is 0 Å². The molecular weight excluding hydrogens is 460 g/mol. The minimum atomic E-state index is -0.157. The van der Waals surface area contributed by atoms with E-state index in [4.69, 9.17) is 9.40 Å². The first-order valence-corrected chi connectivity index (χ1v) is 13.5. The quantitative estimate of drug-likeness (QED) is 0.346. The van der Waals surface area contributed by atoms with Crippen molar-refractivity contribution in [1.82, 2.24) is 14.8 Å². The smallest absolute Gasteiger partial charge is 0.255 e. The molecule has 0 bridgehead atoms. The molecule has 4 aromatic rings. The van der Waals surface area contributed by atoms with Crippen molar-refractivity contribution in [3.05, 3.63) is 83.9 Å². The molecule has 1 aliphatic carbocycles. The third kappa shape index (κ3) is 5.45. The van der Waals surface area contributed by atoms with Crippen LogP contribution in [0.25, 0.3) is 22.6 Å². The summed E-state index contributed by atoms with van der Waals surface area (Å²) in [5, 5.41) is 3.01. The van der Waals surface area contributed by atoms with Gasteiger partial charge in [0.15, 0.2) is 5.58 Å². The Balaban J connectivity index is 1.14. The molecule has 0 radical (unpaired) electrons. The van der Waals surface area contributed by atoms with Gasteiger partial charge >= 0.3 is 0 Å². The fourth-order valence-corrected chi connectivity index (χ4v) is 5.74. The summed E-state index contributed by atoms with van der Waals surface area (Å²) in [4.78, 5) is 22.8. The van der Waals surface area contributed by atoms with E-state index in [1.807, 2.05) is 48.5 Å². The summed E-state index contributed by atoms with van der Waals surface area (Å²) < 4.78 is 6.13. The number of piperazine rings is 1. The van der Waals surface area contributed by atoms with Gasteiger partial charge in [-0.15, -0.1) is 0 Å². The van der Waals surface area contributed by atoms with E-state index in [1.54, 1.807) is 12.1 Å². The van der Waals surface area contributed by atoms with Gasteiger partial charge in [-0.3, -0.25) is 14.6 Å². The molecule has 1 saturated heterocycles. The summed E-state index contributed by atoms with van der Waals surface area (Å²) in [6.45, 7) is 5.51. The maximum atomic E-state index is 12.7. The minimum Gasteiger partial charge on any atom is -0.436 e. The lowest BCUT2D eigenvalue weighted by Gasteiger charge is -2.40. The van der Waals surface area contributed by atoms with E-state index in [0.29, 0.717) is 17.1 Å². The Bertz CT molecular complexity index is 1350. The number of benzene rings is 3. The van der Waals surface area contributed by atoms with Crippen LogP contribution in [-0.2, 0) is 6.54 Å². The molecule has 190 valence electrons. The Labute approximate surface area is 218 Å². The van der Waals surface area contributed by atoms with E-state index in [9.17, 15) is 4.79 Å². The van der Waals surface area contributed by atoms with Crippen molar-refractivity contribution in [3.8, 4) is 11.5 Å². The average molecular weight is 495 g/mol. The van der Waals surface area contributed by atoms with Crippen LogP contribution in [0.4, 0.5) is 5.69 Å². The summed E-state index contributed by atoms with van der Waals surface area (Å²) in [6.07, 6.45) is 6.97. The second-order valence-corrected chi connectivity index (χ2v) is 10.3. The Kier molecular flexibility index (Phi) is 7.02. The predicted octanol–water partition coefficient (Wildman–Crippen LogP) is 6.20. The van der Waals surface area contributed by atoms with Crippen molar-refractivity contribution in [2.45, 2.75) is 44.7 Å². The number of hydrogen-bond donors (Lipinski definition) is 1. The third-order valence-corrected chi connectivity index (χ3v) is 7.80. The Morgan fingerprint density at radius 2 is 1.65 bits per heavy atom. The fourth-order valence-electron chi connectivity index (χ4n) is 5.74. The molecule has 1 amide bonds. The normalized spacial score (nSPS) is 17.7. The zero-order valence-corrected chi connectivity index (χ0v) is 21.2. The van der Waals surface area contributed by atoms with Gasteiger partial charge in [0, 0.05) is 44.3 Å². The summed E-state index contributed by atoms with van der Waals surface area (Å²) in [7, 11) is 0. The highest BCUT2D eigenvalue weighted by Crippen LogP contribution is 2.31. The second-order valence-electron chi connectivity index (χ2n) is 10.3. The summed E-state index contributed by atoms with van der Waals surface area (Å²) >= 11 is 0. The summed E-state index contributed by atoms with van der Waals surface area (Å²) in [5.74, 6) is 0.354. The Morgan fingerprint density at radius 3 is 2.46 bits per heavy atom. The first kappa shape index (κ1) is 23.9. The van der Waals surface area contributed by atoms with Crippen molar-refractivity contribution in [1.29, 1.82) is 0 Å². The van der Waals surface area contributed by atoms with E-state index >= 15 is 0 Å². The lowest BCUT2D eigenvalue weighted by Crippen LogP contribution is -2.50. The number of amides is 1. The lowest BCUT2D eigenvalue weighted by atomic mass is 9.94. The second kappa shape index (κ2) is 10.9. The van der Waals surface area contributed by atoms with Crippen molar-refractivity contribution < 1.29 is 9.21 Å². The number of para-hydroxylation sites is 1. The van der Waals surface area contributed by atoms with Gasteiger partial charge in [0.05, 0.1) is 11.3 Å². The molecule has 0 spiro atoms. The van der Waals surface area contributed by atoms with E-state index in [0.717, 1.165) is 42.3 Å². The number of hydrogen-bond acceptors (Lipinski definition) is 5. The van der Waals surface area contributed by atoms with Crippen LogP contribution >= 0.6 is 0 Å². The molecule has 1 saturated carbocycles. The molecule has 3 aromatic carbocycles. The molecule has 1 aliphatic heterocycles. The van der Waals surface area contributed by atoms with Crippen molar-refractivity contribution >= 4 is 22.7 Å². The van der Waals surface area contributed by atoms with Crippen molar-refractivity contribution in [2.75, 3.05) is 31.5 Å². The van der Waals surface area contributed by atoms with E-state index in [-0.39, 0.29) is 5.91 Å². The largest absolute Gasteiger partial charge is 0.436 e. The molecule has 1 aromatic heterocycles. The van der Waals surface area contributed by atoms with Gasteiger partial charge in [-0.25, -0.2) is 4.98 Å². The van der Waals surface area contributed by atoms with Gasteiger partial charge in [-0.1, -0.05) is 55.7 Å². The summed E-state index contributed by atoms with van der Waals surface area (Å²) in [6, 6.07) is 24.0. The lowest BCUT2D eigenvalue weighted by molar-refractivity contribution is 0.0755. The number of nitrogens with one attached hydrogen (secondary N) is 1. The van der Waals surface area contributed by atoms with Crippen LogP contribution in [0.2, 0.25) is 0 Å². The molecular formula is C31H34N4O2.